The molecule has 0 aromatic heterocycles. The smallest absolute Gasteiger partial charge is 0.154 e. The van der Waals surface area contributed by atoms with Crippen LogP contribution in [0.4, 0.5) is 0 Å². The maximum absolute atomic E-state index is 5.77. The molecule has 0 radical (unpaired) electrons. The van der Waals surface area contributed by atoms with Crippen molar-refractivity contribution in [2.24, 2.45) is 10.7 Å². The van der Waals surface area contributed by atoms with Gasteiger partial charge in [0, 0.05) is 16.8 Å². The van der Waals surface area contributed by atoms with Crippen molar-refractivity contribution in [1.29, 1.82) is 0 Å². The summed E-state index contributed by atoms with van der Waals surface area (Å²) < 4.78 is 6.62. The highest BCUT2D eigenvalue weighted by atomic mass is 79.9. The summed E-state index contributed by atoms with van der Waals surface area (Å²) in [6, 6.07) is 7.81. The first kappa shape index (κ1) is 15.4. The molecule has 0 saturated carbocycles. The minimum absolute atomic E-state index is 0.630. The molecule has 0 saturated heterocycles. The maximum atomic E-state index is 5.77. The zero-order valence-corrected chi connectivity index (χ0v) is 13.0. The van der Waals surface area contributed by atoms with E-state index in [1.807, 2.05) is 24.3 Å². The van der Waals surface area contributed by atoms with E-state index in [2.05, 4.69) is 27.8 Å². The van der Waals surface area contributed by atoms with Crippen molar-refractivity contribution in [2.75, 3.05) is 18.9 Å². The third kappa shape index (κ3) is 6.91. The second kappa shape index (κ2) is 9.28. The number of thioether (sulfide) groups is 1. The third-order valence-electron chi connectivity index (χ3n) is 2.18. The topological polar surface area (TPSA) is 47.6 Å². The molecule has 0 heterocycles. The predicted molar refractivity (Wildman–Crippen MR) is 83.5 cm³/mol. The highest BCUT2D eigenvalue weighted by Gasteiger charge is 1.97. The van der Waals surface area contributed by atoms with Crippen molar-refractivity contribution in [1.82, 2.24) is 0 Å². The molecule has 5 heteroatoms. The second-order valence-electron chi connectivity index (χ2n) is 3.73. The zero-order valence-electron chi connectivity index (χ0n) is 10.6. The van der Waals surface area contributed by atoms with Gasteiger partial charge >= 0.3 is 0 Å². The number of halogens is 1. The molecule has 0 amide bonds. The van der Waals surface area contributed by atoms with Gasteiger partial charge in [0.1, 0.15) is 5.75 Å². The van der Waals surface area contributed by atoms with Gasteiger partial charge in [-0.25, -0.2) is 0 Å². The Kier molecular flexibility index (Phi) is 7.93. The fraction of sp³-hybridized carbons (Fsp3) is 0.462. The van der Waals surface area contributed by atoms with E-state index in [9.17, 15) is 0 Å². The molecule has 1 rings (SSSR count). The monoisotopic (exact) mass is 330 g/mol. The van der Waals surface area contributed by atoms with Gasteiger partial charge in [-0.05, 0) is 24.6 Å². The molecule has 0 spiro atoms. The van der Waals surface area contributed by atoms with Crippen LogP contribution >= 0.6 is 27.7 Å². The zero-order chi connectivity index (χ0) is 13.2. The van der Waals surface area contributed by atoms with Gasteiger partial charge in [0.2, 0.25) is 0 Å². The van der Waals surface area contributed by atoms with Gasteiger partial charge in [-0.1, -0.05) is 47.1 Å². The number of hydrogen-bond donors (Lipinski definition) is 1. The van der Waals surface area contributed by atoms with E-state index >= 15 is 0 Å². The third-order valence-corrected chi connectivity index (χ3v) is 3.47. The number of ether oxygens (including phenoxy) is 1. The molecule has 100 valence electrons. The van der Waals surface area contributed by atoms with Gasteiger partial charge in [0.05, 0.1) is 6.61 Å². The minimum Gasteiger partial charge on any atom is -0.493 e. The molecule has 0 aliphatic carbocycles. The lowest BCUT2D eigenvalue weighted by Crippen LogP contribution is -2.11. The highest BCUT2D eigenvalue weighted by molar-refractivity contribution is 9.10. The van der Waals surface area contributed by atoms with E-state index in [0.29, 0.717) is 11.8 Å². The molecule has 18 heavy (non-hydrogen) atoms. The number of aliphatic imine (C=N–C) groups is 1. The number of hydrogen-bond acceptors (Lipinski definition) is 3. The fourth-order valence-electron chi connectivity index (χ4n) is 1.26. The highest BCUT2D eigenvalue weighted by Crippen LogP contribution is 2.17. The van der Waals surface area contributed by atoms with Crippen LogP contribution in [0.2, 0.25) is 0 Å². The number of nitrogens with two attached hydrogens (primary N) is 1. The van der Waals surface area contributed by atoms with Crippen LogP contribution < -0.4 is 10.5 Å². The average Bonchev–Trinajstić information content (AvgIpc) is 2.35. The van der Waals surface area contributed by atoms with Crippen LogP contribution in [0.3, 0.4) is 0 Å². The van der Waals surface area contributed by atoms with Crippen molar-refractivity contribution < 1.29 is 4.74 Å². The van der Waals surface area contributed by atoms with Gasteiger partial charge in [0.15, 0.2) is 5.17 Å². The SMILES string of the molecule is CCCCN=C(N)SCCOc1cccc(Br)c1. The summed E-state index contributed by atoms with van der Waals surface area (Å²) in [4.78, 5) is 4.27. The van der Waals surface area contributed by atoms with E-state index in [-0.39, 0.29) is 0 Å². The number of nitrogens with zero attached hydrogens (tertiary/aromatic N) is 1. The first-order valence-electron chi connectivity index (χ1n) is 6.03. The van der Waals surface area contributed by atoms with E-state index in [1.54, 1.807) is 11.8 Å². The Hall–Kier alpha value is -0.680. The number of unbranched alkanes of at least 4 members (excludes halogenated alkanes) is 1. The molecule has 0 bridgehead atoms. The summed E-state index contributed by atoms with van der Waals surface area (Å²) in [7, 11) is 0. The Balaban J connectivity index is 2.16. The Morgan fingerprint density at radius 3 is 3.06 bits per heavy atom. The van der Waals surface area contributed by atoms with Crippen molar-refractivity contribution >= 4 is 32.9 Å². The van der Waals surface area contributed by atoms with Gasteiger partial charge in [-0.2, -0.15) is 0 Å². The van der Waals surface area contributed by atoms with E-state index in [4.69, 9.17) is 10.5 Å². The van der Waals surface area contributed by atoms with Crippen LogP contribution in [0.15, 0.2) is 33.7 Å². The second-order valence-corrected chi connectivity index (χ2v) is 5.76. The first-order chi connectivity index (χ1) is 8.72. The molecule has 0 unspecified atom stereocenters. The molecule has 0 fully saturated rings. The Morgan fingerprint density at radius 2 is 2.33 bits per heavy atom. The van der Waals surface area contributed by atoms with E-state index in [0.717, 1.165) is 35.4 Å². The number of amidine groups is 1. The molecule has 0 aliphatic rings. The van der Waals surface area contributed by atoms with Crippen molar-refractivity contribution in [3.05, 3.63) is 28.7 Å². The molecule has 3 nitrogen and oxygen atoms in total. The normalized spacial score (nSPS) is 11.6. The Labute approximate surface area is 121 Å². The van der Waals surface area contributed by atoms with E-state index < -0.39 is 0 Å². The molecule has 0 aliphatic heterocycles. The fourth-order valence-corrected chi connectivity index (χ4v) is 2.19. The van der Waals surface area contributed by atoms with Gasteiger partial charge in [-0.3, -0.25) is 4.99 Å². The summed E-state index contributed by atoms with van der Waals surface area (Å²) in [6.07, 6.45) is 2.24. The van der Waals surface area contributed by atoms with Gasteiger partial charge in [0.25, 0.3) is 0 Å². The summed E-state index contributed by atoms with van der Waals surface area (Å²) in [5.74, 6) is 1.68. The van der Waals surface area contributed by atoms with Crippen molar-refractivity contribution in [3.63, 3.8) is 0 Å². The van der Waals surface area contributed by atoms with Crippen LogP contribution in [0.5, 0.6) is 5.75 Å². The summed E-state index contributed by atoms with van der Waals surface area (Å²) in [5, 5.41) is 0.654. The van der Waals surface area contributed by atoms with Crippen LogP contribution in [0.1, 0.15) is 19.8 Å². The summed E-state index contributed by atoms with van der Waals surface area (Å²) in [5.41, 5.74) is 5.77. The van der Waals surface area contributed by atoms with Crippen molar-refractivity contribution in [2.45, 2.75) is 19.8 Å². The van der Waals surface area contributed by atoms with Crippen LogP contribution in [-0.2, 0) is 0 Å². The van der Waals surface area contributed by atoms with Gasteiger partial charge in [-0.15, -0.1) is 0 Å². The lowest BCUT2D eigenvalue weighted by atomic mass is 10.3. The lowest BCUT2D eigenvalue weighted by molar-refractivity contribution is 0.344. The minimum atomic E-state index is 0.630. The summed E-state index contributed by atoms with van der Waals surface area (Å²) in [6.45, 7) is 3.59. The van der Waals surface area contributed by atoms with Gasteiger partial charge < -0.3 is 10.5 Å². The molecule has 0 atom stereocenters. The number of rotatable bonds is 7. The maximum Gasteiger partial charge on any atom is 0.154 e. The van der Waals surface area contributed by atoms with Crippen LogP contribution in [-0.4, -0.2) is 24.1 Å². The molecule has 1 aromatic carbocycles. The van der Waals surface area contributed by atoms with Crippen LogP contribution in [0, 0.1) is 0 Å². The standard InChI is InChI=1S/C13H19BrN2OS/c1-2-3-7-16-13(15)18-9-8-17-12-6-4-5-11(14)10-12/h4-6,10H,2-3,7-9H2,1H3,(H2,15,16). The molecular formula is C13H19BrN2OS. The largest absolute Gasteiger partial charge is 0.493 e. The predicted octanol–water partition coefficient (Wildman–Crippen LogP) is 3.68. The first-order valence-corrected chi connectivity index (χ1v) is 7.81. The quantitative estimate of drug-likeness (QED) is 0.471. The van der Waals surface area contributed by atoms with E-state index in [1.165, 1.54) is 0 Å². The molecular weight excluding hydrogens is 312 g/mol. The Morgan fingerprint density at radius 1 is 1.50 bits per heavy atom. The number of benzene rings is 1. The molecule has 2 N–H and O–H groups in total. The Bertz CT molecular complexity index is 385. The average molecular weight is 331 g/mol. The van der Waals surface area contributed by atoms with Crippen LogP contribution in [0.25, 0.3) is 0 Å². The van der Waals surface area contributed by atoms with Crippen molar-refractivity contribution in [3.8, 4) is 5.75 Å². The lowest BCUT2D eigenvalue weighted by Gasteiger charge is -2.06. The molecule has 1 aromatic rings. The summed E-state index contributed by atoms with van der Waals surface area (Å²) >= 11 is 4.95.